The summed E-state index contributed by atoms with van der Waals surface area (Å²) in [5.74, 6) is -2.20. The molecule has 1 aromatic heterocycles. The Bertz CT molecular complexity index is 779. The minimum absolute atomic E-state index is 0.0343. The van der Waals surface area contributed by atoms with Crippen LogP contribution in [-0.2, 0) is 16.6 Å². The molecule has 0 aliphatic carbocycles. The third kappa shape index (κ3) is 3.34. The smallest absolute Gasteiger partial charge is 0.243 e. The molecule has 0 amide bonds. The number of nitrogens with two attached hydrogens (primary N) is 1. The molecule has 2 rings (SSSR count). The van der Waals surface area contributed by atoms with Gasteiger partial charge in [-0.1, -0.05) is 0 Å². The molecule has 0 saturated carbocycles. The SMILES string of the molecule is Cc1cnccc1CNS(=O)(=O)c1cc(N)c(F)cc1F. The van der Waals surface area contributed by atoms with E-state index in [-0.39, 0.29) is 6.54 Å². The highest BCUT2D eigenvalue weighted by molar-refractivity contribution is 7.89. The number of anilines is 1. The van der Waals surface area contributed by atoms with Crippen LogP contribution in [0.25, 0.3) is 0 Å². The Morgan fingerprint density at radius 2 is 2.00 bits per heavy atom. The van der Waals surface area contributed by atoms with Gasteiger partial charge in [0.15, 0.2) is 0 Å². The van der Waals surface area contributed by atoms with Crippen molar-refractivity contribution < 1.29 is 17.2 Å². The molecule has 0 unspecified atom stereocenters. The Balaban J connectivity index is 2.27. The minimum atomic E-state index is -4.14. The summed E-state index contributed by atoms with van der Waals surface area (Å²) in [6.45, 7) is 1.74. The van der Waals surface area contributed by atoms with Gasteiger partial charge in [0.05, 0.1) is 5.69 Å². The van der Waals surface area contributed by atoms with Crippen molar-refractivity contribution in [2.75, 3.05) is 5.73 Å². The number of benzene rings is 1. The predicted octanol–water partition coefficient (Wildman–Crippen LogP) is 1.73. The molecule has 0 radical (unpaired) electrons. The molecule has 112 valence electrons. The summed E-state index contributed by atoms with van der Waals surface area (Å²) < 4.78 is 53.0. The van der Waals surface area contributed by atoms with E-state index in [9.17, 15) is 17.2 Å². The predicted molar refractivity (Wildman–Crippen MR) is 73.8 cm³/mol. The van der Waals surface area contributed by atoms with E-state index < -0.39 is 32.2 Å². The largest absolute Gasteiger partial charge is 0.396 e. The molecule has 0 aliphatic heterocycles. The van der Waals surface area contributed by atoms with Crippen molar-refractivity contribution in [2.24, 2.45) is 0 Å². The van der Waals surface area contributed by atoms with Crippen molar-refractivity contribution >= 4 is 15.7 Å². The fourth-order valence-electron chi connectivity index (χ4n) is 1.70. The van der Waals surface area contributed by atoms with Crippen LogP contribution in [0.3, 0.4) is 0 Å². The van der Waals surface area contributed by atoms with Gasteiger partial charge in [0, 0.05) is 25.0 Å². The lowest BCUT2D eigenvalue weighted by Gasteiger charge is -2.10. The van der Waals surface area contributed by atoms with Crippen molar-refractivity contribution in [3.8, 4) is 0 Å². The number of hydrogen-bond donors (Lipinski definition) is 2. The maximum atomic E-state index is 13.6. The lowest BCUT2D eigenvalue weighted by Crippen LogP contribution is -2.25. The van der Waals surface area contributed by atoms with Crippen LogP contribution in [0.15, 0.2) is 35.5 Å². The van der Waals surface area contributed by atoms with Crippen LogP contribution in [0.2, 0.25) is 0 Å². The van der Waals surface area contributed by atoms with Crippen LogP contribution in [0.5, 0.6) is 0 Å². The molecular formula is C13H13F2N3O2S. The second-order valence-electron chi connectivity index (χ2n) is 4.43. The summed E-state index contributed by atoms with van der Waals surface area (Å²) in [7, 11) is -4.14. The van der Waals surface area contributed by atoms with Crippen LogP contribution < -0.4 is 10.5 Å². The second-order valence-corrected chi connectivity index (χ2v) is 6.17. The number of aromatic nitrogens is 1. The zero-order chi connectivity index (χ0) is 15.6. The van der Waals surface area contributed by atoms with Crippen molar-refractivity contribution in [3.63, 3.8) is 0 Å². The molecule has 1 heterocycles. The van der Waals surface area contributed by atoms with Crippen LogP contribution in [0, 0.1) is 18.6 Å². The van der Waals surface area contributed by atoms with Gasteiger partial charge in [-0.05, 0) is 30.2 Å². The number of pyridine rings is 1. The Kier molecular flexibility index (Phi) is 4.19. The number of aryl methyl sites for hydroxylation is 1. The number of halogens is 2. The van der Waals surface area contributed by atoms with E-state index in [1.165, 1.54) is 6.20 Å². The molecule has 21 heavy (non-hydrogen) atoms. The molecule has 2 aromatic rings. The lowest BCUT2D eigenvalue weighted by atomic mass is 10.2. The van der Waals surface area contributed by atoms with Crippen molar-refractivity contribution in [3.05, 3.63) is 53.4 Å². The Morgan fingerprint density at radius 3 is 2.67 bits per heavy atom. The summed E-state index contributed by atoms with van der Waals surface area (Å²) in [4.78, 5) is 3.20. The quantitative estimate of drug-likeness (QED) is 0.842. The molecule has 0 atom stereocenters. The Hall–Kier alpha value is -2.06. The van der Waals surface area contributed by atoms with E-state index in [1.807, 2.05) is 0 Å². The van der Waals surface area contributed by atoms with Gasteiger partial charge in [-0.25, -0.2) is 21.9 Å². The van der Waals surface area contributed by atoms with Gasteiger partial charge in [-0.3, -0.25) is 4.98 Å². The monoisotopic (exact) mass is 313 g/mol. The first-order valence-electron chi connectivity index (χ1n) is 5.95. The number of nitrogen functional groups attached to an aromatic ring is 1. The first-order valence-corrected chi connectivity index (χ1v) is 7.43. The zero-order valence-electron chi connectivity index (χ0n) is 11.1. The van der Waals surface area contributed by atoms with Gasteiger partial charge in [0.1, 0.15) is 16.5 Å². The topological polar surface area (TPSA) is 85.1 Å². The Morgan fingerprint density at radius 1 is 1.29 bits per heavy atom. The normalized spacial score (nSPS) is 11.6. The third-order valence-corrected chi connectivity index (χ3v) is 4.35. The molecule has 3 N–H and O–H groups in total. The Labute approximate surface area is 120 Å². The fraction of sp³-hybridized carbons (Fsp3) is 0.154. The number of hydrogen-bond acceptors (Lipinski definition) is 4. The van der Waals surface area contributed by atoms with Gasteiger partial charge in [0.2, 0.25) is 10.0 Å². The standard InChI is InChI=1S/C13H13F2N3O2S/c1-8-6-17-3-2-9(8)7-18-21(19,20)13-5-12(16)10(14)4-11(13)15/h2-6,18H,7,16H2,1H3. The number of rotatable bonds is 4. The van der Waals surface area contributed by atoms with Crippen LogP contribution >= 0.6 is 0 Å². The number of sulfonamides is 1. The molecule has 0 aliphatic rings. The maximum absolute atomic E-state index is 13.6. The molecule has 0 spiro atoms. The van der Waals surface area contributed by atoms with E-state index in [0.29, 0.717) is 11.6 Å². The third-order valence-electron chi connectivity index (χ3n) is 2.93. The molecule has 5 nitrogen and oxygen atoms in total. The number of nitrogens with one attached hydrogen (secondary N) is 1. The lowest BCUT2D eigenvalue weighted by molar-refractivity contribution is 0.544. The van der Waals surface area contributed by atoms with Crippen LogP contribution in [0.1, 0.15) is 11.1 Å². The highest BCUT2D eigenvalue weighted by Crippen LogP contribution is 2.21. The van der Waals surface area contributed by atoms with Gasteiger partial charge < -0.3 is 5.73 Å². The highest BCUT2D eigenvalue weighted by atomic mass is 32.2. The molecule has 1 aromatic carbocycles. The molecule has 0 saturated heterocycles. The van der Waals surface area contributed by atoms with Gasteiger partial charge >= 0.3 is 0 Å². The number of nitrogens with zero attached hydrogens (tertiary/aromatic N) is 1. The van der Waals surface area contributed by atoms with E-state index >= 15 is 0 Å². The summed E-state index contributed by atoms with van der Waals surface area (Å²) in [6.07, 6.45) is 3.10. The molecule has 0 fully saturated rings. The van der Waals surface area contributed by atoms with Crippen molar-refractivity contribution in [1.29, 1.82) is 0 Å². The van der Waals surface area contributed by atoms with Crippen molar-refractivity contribution in [2.45, 2.75) is 18.4 Å². The van der Waals surface area contributed by atoms with Crippen molar-refractivity contribution in [1.82, 2.24) is 9.71 Å². The molecule has 8 heteroatoms. The summed E-state index contributed by atoms with van der Waals surface area (Å²) >= 11 is 0. The molecule has 0 bridgehead atoms. The first kappa shape index (κ1) is 15.3. The van der Waals surface area contributed by atoms with Gasteiger partial charge in [-0.15, -0.1) is 0 Å². The van der Waals surface area contributed by atoms with Gasteiger partial charge in [-0.2, -0.15) is 0 Å². The van der Waals surface area contributed by atoms with Gasteiger partial charge in [0.25, 0.3) is 0 Å². The summed E-state index contributed by atoms with van der Waals surface area (Å²) in [5.41, 5.74) is 6.33. The summed E-state index contributed by atoms with van der Waals surface area (Å²) in [5, 5.41) is 0. The van der Waals surface area contributed by atoms with E-state index in [1.54, 1.807) is 19.2 Å². The van der Waals surface area contributed by atoms with Crippen LogP contribution in [-0.4, -0.2) is 13.4 Å². The minimum Gasteiger partial charge on any atom is -0.396 e. The van der Waals surface area contributed by atoms with Crippen LogP contribution in [0.4, 0.5) is 14.5 Å². The van der Waals surface area contributed by atoms with E-state index in [4.69, 9.17) is 5.73 Å². The highest BCUT2D eigenvalue weighted by Gasteiger charge is 2.21. The van der Waals surface area contributed by atoms with E-state index in [0.717, 1.165) is 11.6 Å². The summed E-state index contributed by atoms with van der Waals surface area (Å²) in [6, 6.07) is 2.85. The fourth-order valence-corrected chi connectivity index (χ4v) is 2.80. The van der Waals surface area contributed by atoms with E-state index in [2.05, 4.69) is 9.71 Å². The average molecular weight is 313 g/mol. The first-order chi connectivity index (χ1) is 9.81. The average Bonchev–Trinajstić information content (AvgIpc) is 2.42. The maximum Gasteiger partial charge on any atom is 0.243 e. The second kappa shape index (κ2) is 5.74. The molecular weight excluding hydrogens is 300 g/mol. The zero-order valence-corrected chi connectivity index (χ0v) is 11.9.